The largest absolute Gasteiger partial charge is 0.0885 e. The molecule has 0 N–H and O–H groups in total. The third kappa shape index (κ3) is 12.7. The first-order valence-electron chi connectivity index (χ1n) is 5.20. The van der Waals surface area contributed by atoms with Crippen LogP contribution in [-0.2, 0) is 0 Å². The highest BCUT2D eigenvalue weighted by Crippen LogP contribution is 2.16. The molecule has 78 valence electrons. The van der Waals surface area contributed by atoms with Crippen LogP contribution in [0.15, 0.2) is 12.2 Å². The van der Waals surface area contributed by atoms with Crippen LogP contribution in [0.5, 0.6) is 0 Å². The van der Waals surface area contributed by atoms with Crippen molar-refractivity contribution in [1.29, 1.82) is 0 Å². The van der Waals surface area contributed by atoms with Gasteiger partial charge in [0.05, 0.1) is 3.74 Å². The molecule has 0 amide bonds. The summed E-state index contributed by atoms with van der Waals surface area (Å²) < 4.78 is 0.504. The van der Waals surface area contributed by atoms with Gasteiger partial charge in [0.2, 0.25) is 0 Å². The average Bonchev–Trinajstić information content (AvgIpc) is 2.09. The van der Waals surface area contributed by atoms with E-state index in [9.17, 15) is 0 Å². The predicted octanol–water partition coefficient (Wildman–Crippen LogP) is 5.41. The summed E-state index contributed by atoms with van der Waals surface area (Å²) in [6.07, 6.45) is 13.6. The molecule has 0 spiro atoms. The van der Waals surface area contributed by atoms with E-state index in [4.69, 9.17) is 0 Å². The van der Waals surface area contributed by atoms with Crippen molar-refractivity contribution in [2.45, 2.75) is 55.6 Å². The van der Waals surface area contributed by atoms with Crippen molar-refractivity contribution in [3.63, 3.8) is 0 Å². The molecule has 0 bridgehead atoms. The number of rotatable bonds is 8. The predicted molar refractivity (Wildman–Crippen MR) is 68.8 cm³/mol. The Morgan fingerprint density at radius 3 is 2.15 bits per heavy atom. The number of allylic oxidation sites excluding steroid dienone is 2. The minimum atomic E-state index is 0.504. The van der Waals surface area contributed by atoms with Gasteiger partial charge in [-0.05, 0) is 25.7 Å². The Labute approximate surface area is 99.4 Å². The lowest BCUT2D eigenvalue weighted by molar-refractivity contribution is 0.725. The fraction of sp³-hybridized carbons (Fsp3) is 0.818. The molecule has 0 unspecified atom stereocenters. The van der Waals surface area contributed by atoms with Gasteiger partial charge >= 0.3 is 0 Å². The van der Waals surface area contributed by atoms with Gasteiger partial charge in [0.25, 0.3) is 0 Å². The van der Waals surface area contributed by atoms with Crippen molar-refractivity contribution in [3.05, 3.63) is 12.2 Å². The molecule has 13 heavy (non-hydrogen) atoms. The number of halogens is 2. The zero-order valence-electron chi connectivity index (χ0n) is 8.44. The zero-order chi connectivity index (χ0) is 9.94. The fourth-order valence-corrected chi connectivity index (χ4v) is 1.77. The standard InChI is InChI=1S/C11H20Br2/c1-2-3-4-5-6-7-8-9-10-11(12)13/h5-6,11H,2-4,7-10H2,1H3/b6-5+. The van der Waals surface area contributed by atoms with Crippen LogP contribution in [0.25, 0.3) is 0 Å². The van der Waals surface area contributed by atoms with Gasteiger partial charge in [-0.3, -0.25) is 0 Å². The second kappa shape index (κ2) is 10.8. The van der Waals surface area contributed by atoms with Crippen molar-refractivity contribution in [2.24, 2.45) is 0 Å². The van der Waals surface area contributed by atoms with Gasteiger partial charge < -0.3 is 0 Å². The van der Waals surface area contributed by atoms with Crippen LogP contribution in [0.1, 0.15) is 51.9 Å². The summed E-state index contributed by atoms with van der Waals surface area (Å²) in [5.41, 5.74) is 0. The minimum Gasteiger partial charge on any atom is -0.0885 e. The van der Waals surface area contributed by atoms with Gasteiger partial charge in [0, 0.05) is 0 Å². The van der Waals surface area contributed by atoms with E-state index in [-0.39, 0.29) is 0 Å². The molecule has 0 heterocycles. The highest BCUT2D eigenvalue weighted by Gasteiger charge is 1.95. The first-order valence-corrected chi connectivity index (χ1v) is 7.03. The molecule has 0 fully saturated rings. The Bertz CT molecular complexity index is 119. The Balaban J connectivity index is 3.02. The maximum absolute atomic E-state index is 3.48. The summed E-state index contributed by atoms with van der Waals surface area (Å²) in [5.74, 6) is 0. The third-order valence-corrected chi connectivity index (χ3v) is 2.85. The highest BCUT2D eigenvalue weighted by molar-refractivity contribution is 9.24. The van der Waals surface area contributed by atoms with E-state index in [0.29, 0.717) is 3.74 Å². The number of hydrogen-bond acceptors (Lipinski definition) is 0. The van der Waals surface area contributed by atoms with Crippen molar-refractivity contribution >= 4 is 31.9 Å². The SMILES string of the molecule is CCCC/C=C/CCCCC(Br)Br. The lowest BCUT2D eigenvalue weighted by Gasteiger charge is -1.98. The van der Waals surface area contributed by atoms with Gasteiger partial charge in [-0.1, -0.05) is 70.2 Å². The van der Waals surface area contributed by atoms with Crippen LogP contribution < -0.4 is 0 Å². The minimum absolute atomic E-state index is 0.504. The molecule has 0 aromatic heterocycles. The molecule has 0 radical (unpaired) electrons. The normalized spacial score (nSPS) is 11.7. The van der Waals surface area contributed by atoms with Gasteiger partial charge in [0.15, 0.2) is 0 Å². The lowest BCUT2D eigenvalue weighted by Crippen LogP contribution is -1.84. The summed E-state index contributed by atoms with van der Waals surface area (Å²) in [6.45, 7) is 2.24. The van der Waals surface area contributed by atoms with Crippen LogP contribution >= 0.6 is 31.9 Å². The van der Waals surface area contributed by atoms with E-state index in [0.717, 1.165) is 0 Å². The molecule has 0 rings (SSSR count). The van der Waals surface area contributed by atoms with Crippen molar-refractivity contribution in [2.75, 3.05) is 0 Å². The molecular formula is C11H20Br2. The zero-order valence-corrected chi connectivity index (χ0v) is 11.6. The van der Waals surface area contributed by atoms with E-state index in [1.54, 1.807) is 0 Å². The second-order valence-corrected chi connectivity index (χ2v) is 6.73. The Kier molecular flexibility index (Phi) is 11.4. The molecule has 0 nitrogen and oxygen atoms in total. The molecular weight excluding hydrogens is 292 g/mol. The van der Waals surface area contributed by atoms with E-state index < -0.39 is 0 Å². The summed E-state index contributed by atoms with van der Waals surface area (Å²) in [4.78, 5) is 0. The molecule has 0 saturated heterocycles. The topological polar surface area (TPSA) is 0 Å². The molecule has 0 aromatic carbocycles. The number of hydrogen-bond donors (Lipinski definition) is 0. The maximum Gasteiger partial charge on any atom is 0.0697 e. The van der Waals surface area contributed by atoms with Crippen molar-refractivity contribution < 1.29 is 0 Å². The Hall–Kier alpha value is 0.700. The molecule has 0 aromatic rings. The van der Waals surface area contributed by atoms with Crippen molar-refractivity contribution in [3.8, 4) is 0 Å². The van der Waals surface area contributed by atoms with Gasteiger partial charge in [0.1, 0.15) is 0 Å². The van der Waals surface area contributed by atoms with Gasteiger partial charge in [-0.25, -0.2) is 0 Å². The first kappa shape index (κ1) is 13.7. The average molecular weight is 312 g/mol. The van der Waals surface area contributed by atoms with Crippen LogP contribution in [0.2, 0.25) is 0 Å². The number of unbranched alkanes of at least 4 members (excludes halogenated alkanes) is 4. The summed E-state index contributed by atoms with van der Waals surface area (Å²) in [6, 6.07) is 0. The summed E-state index contributed by atoms with van der Waals surface area (Å²) in [5, 5.41) is 0. The number of alkyl halides is 2. The molecule has 0 atom stereocenters. The molecule has 0 aliphatic heterocycles. The van der Waals surface area contributed by atoms with E-state index in [1.807, 2.05) is 0 Å². The maximum atomic E-state index is 3.48. The van der Waals surface area contributed by atoms with Crippen LogP contribution in [0.4, 0.5) is 0 Å². The smallest absolute Gasteiger partial charge is 0.0697 e. The fourth-order valence-electron chi connectivity index (χ4n) is 1.12. The van der Waals surface area contributed by atoms with Crippen LogP contribution in [-0.4, -0.2) is 3.74 Å². The van der Waals surface area contributed by atoms with E-state index in [1.165, 1.54) is 44.9 Å². The highest BCUT2D eigenvalue weighted by atomic mass is 79.9. The summed E-state index contributed by atoms with van der Waals surface area (Å²) >= 11 is 6.95. The van der Waals surface area contributed by atoms with E-state index >= 15 is 0 Å². The second-order valence-electron chi connectivity index (χ2n) is 3.29. The monoisotopic (exact) mass is 310 g/mol. The van der Waals surface area contributed by atoms with Gasteiger partial charge in [-0.15, -0.1) is 0 Å². The Morgan fingerprint density at radius 1 is 1.00 bits per heavy atom. The van der Waals surface area contributed by atoms with E-state index in [2.05, 4.69) is 50.9 Å². The Morgan fingerprint density at radius 2 is 1.62 bits per heavy atom. The van der Waals surface area contributed by atoms with Crippen LogP contribution in [0, 0.1) is 0 Å². The van der Waals surface area contributed by atoms with Gasteiger partial charge in [-0.2, -0.15) is 0 Å². The lowest BCUT2D eigenvalue weighted by atomic mass is 10.2. The molecule has 0 aliphatic rings. The van der Waals surface area contributed by atoms with Crippen molar-refractivity contribution in [1.82, 2.24) is 0 Å². The third-order valence-electron chi connectivity index (χ3n) is 1.93. The quantitative estimate of drug-likeness (QED) is 0.319. The molecule has 2 heteroatoms. The molecule has 0 saturated carbocycles. The first-order chi connectivity index (χ1) is 6.27. The van der Waals surface area contributed by atoms with Crippen LogP contribution in [0.3, 0.4) is 0 Å². The molecule has 0 aliphatic carbocycles. The summed E-state index contributed by atoms with van der Waals surface area (Å²) in [7, 11) is 0.